The Labute approximate surface area is 140 Å². The average Bonchev–Trinajstić information content (AvgIpc) is 2.79. The van der Waals surface area contributed by atoms with E-state index >= 15 is 0 Å². The highest BCUT2D eigenvalue weighted by Crippen LogP contribution is 2.17. The maximum atomic E-state index is 12.3. The highest BCUT2D eigenvalue weighted by atomic mass is 16.6. The zero-order valence-electron chi connectivity index (χ0n) is 15.4. The summed E-state index contributed by atoms with van der Waals surface area (Å²) in [5.74, 6) is -0.150. The smallest absolute Gasteiger partial charge is 0.408 e. The third kappa shape index (κ3) is 7.20. The number of ether oxygens (including phenoxy) is 1. The van der Waals surface area contributed by atoms with Crippen molar-refractivity contribution in [1.82, 2.24) is 15.5 Å². The van der Waals surface area contributed by atoms with Crippen LogP contribution in [0.4, 0.5) is 4.79 Å². The van der Waals surface area contributed by atoms with Crippen LogP contribution in [0.3, 0.4) is 0 Å². The van der Waals surface area contributed by atoms with E-state index in [0.29, 0.717) is 12.6 Å². The fourth-order valence-electron chi connectivity index (χ4n) is 2.79. The molecule has 134 valence electrons. The Morgan fingerprint density at radius 2 is 1.96 bits per heavy atom. The largest absolute Gasteiger partial charge is 0.444 e. The Hall–Kier alpha value is -1.30. The van der Waals surface area contributed by atoms with E-state index < -0.39 is 17.7 Å². The van der Waals surface area contributed by atoms with Crippen LogP contribution in [0, 0.1) is 5.92 Å². The van der Waals surface area contributed by atoms with Crippen LogP contribution < -0.4 is 10.6 Å². The van der Waals surface area contributed by atoms with Crippen LogP contribution in [-0.2, 0) is 9.53 Å². The number of hydrogen-bond acceptors (Lipinski definition) is 4. The van der Waals surface area contributed by atoms with E-state index in [0.717, 1.165) is 13.0 Å². The van der Waals surface area contributed by atoms with Crippen molar-refractivity contribution in [2.45, 2.75) is 71.6 Å². The molecule has 1 saturated heterocycles. The minimum Gasteiger partial charge on any atom is -0.444 e. The molecule has 1 fully saturated rings. The summed E-state index contributed by atoms with van der Waals surface area (Å²) in [6, 6.07) is -0.0298. The molecule has 0 radical (unpaired) electrons. The molecule has 23 heavy (non-hydrogen) atoms. The molecule has 6 heteroatoms. The quantitative estimate of drug-likeness (QED) is 0.784. The summed E-state index contributed by atoms with van der Waals surface area (Å²) in [5, 5.41) is 5.62. The Morgan fingerprint density at radius 3 is 2.43 bits per heavy atom. The standard InChI is InChI=1S/C17H33N3O3/c1-12(2)14(19-16(22)23-17(3,4)5)15(21)18-10-9-13-8-7-11-20(13)6/h12-14H,7-11H2,1-6H3,(H,18,21)(H,19,22)/t13?,14-/m0/s1. The fourth-order valence-corrected chi connectivity index (χ4v) is 2.79. The summed E-state index contributed by atoms with van der Waals surface area (Å²) in [6.45, 7) is 11.0. The van der Waals surface area contributed by atoms with Gasteiger partial charge in [-0.2, -0.15) is 0 Å². The van der Waals surface area contributed by atoms with Crippen LogP contribution in [0.15, 0.2) is 0 Å². The molecule has 0 spiro atoms. The molecule has 1 heterocycles. The van der Waals surface area contributed by atoms with E-state index in [1.54, 1.807) is 20.8 Å². The molecular formula is C17H33N3O3. The lowest BCUT2D eigenvalue weighted by Crippen LogP contribution is -2.51. The second kappa shape index (κ2) is 8.52. The highest BCUT2D eigenvalue weighted by molar-refractivity contribution is 5.85. The van der Waals surface area contributed by atoms with Crippen molar-refractivity contribution in [1.29, 1.82) is 0 Å². The van der Waals surface area contributed by atoms with Gasteiger partial charge in [-0.15, -0.1) is 0 Å². The van der Waals surface area contributed by atoms with Crippen LogP contribution >= 0.6 is 0 Å². The zero-order chi connectivity index (χ0) is 17.6. The van der Waals surface area contributed by atoms with Gasteiger partial charge in [0.15, 0.2) is 0 Å². The van der Waals surface area contributed by atoms with Gasteiger partial charge in [-0.05, 0) is 59.5 Å². The molecular weight excluding hydrogens is 294 g/mol. The van der Waals surface area contributed by atoms with Gasteiger partial charge in [-0.25, -0.2) is 4.79 Å². The molecule has 0 aromatic rings. The number of nitrogens with one attached hydrogen (secondary N) is 2. The van der Waals surface area contributed by atoms with Crippen molar-refractivity contribution in [2.75, 3.05) is 20.1 Å². The number of carbonyl (C=O) groups is 2. The Balaban J connectivity index is 2.43. The molecule has 2 N–H and O–H groups in total. The first-order valence-electron chi connectivity index (χ1n) is 8.57. The van der Waals surface area contributed by atoms with Gasteiger partial charge in [0.05, 0.1) is 0 Å². The van der Waals surface area contributed by atoms with Gasteiger partial charge in [-0.3, -0.25) is 4.79 Å². The van der Waals surface area contributed by atoms with Crippen molar-refractivity contribution in [2.24, 2.45) is 5.92 Å². The van der Waals surface area contributed by atoms with Gasteiger partial charge in [-0.1, -0.05) is 13.8 Å². The van der Waals surface area contributed by atoms with Crippen molar-refractivity contribution in [3.8, 4) is 0 Å². The Bertz CT molecular complexity index is 404. The van der Waals surface area contributed by atoms with Crippen molar-refractivity contribution >= 4 is 12.0 Å². The van der Waals surface area contributed by atoms with Crippen molar-refractivity contribution in [3.63, 3.8) is 0 Å². The third-order valence-electron chi connectivity index (χ3n) is 4.07. The molecule has 1 aliphatic rings. The molecule has 0 bridgehead atoms. The summed E-state index contributed by atoms with van der Waals surface area (Å²) < 4.78 is 5.23. The predicted molar refractivity (Wildman–Crippen MR) is 91.3 cm³/mol. The SMILES string of the molecule is CC(C)[C@H](NC(=O)OC(C)(C)C)C(=O)NCCC1CCCN1C. The first kappa shape index (κ1) is 19.7. The lowest BCUT2D eigenvalue weighted by molar-refractivity contribution is -0.124. The number of rotatable bonds is 6. The lowest BCUT2D eigenvalue weighted by Gasteiger charge is -2.25. The number of amides is 2. The Morgan fingerprint density at radius 1 is 1.30 bits per heavy atom. The second-order valence-corrected chi connectivity index (χ2v) is 7.72. The summed E-state index contributed by atoms with van der Waals surface area (Å²) in [6.07, 6.45) is 2.81. The van der Waals surface area contributed by atoms with Crippen LogP contribution in [0.2, 0.25) is 0 Å². The topological polar surface area (TPSA) is 70.7 Å². The van der Waals surface area contributed by atoms with E-state index in [1.807, 2.05) is 13.8 Å². The van der Waals surface area contributed by atoms with Gasteiger partial charge in [0.25, 0.3) is 0 Å². The van der Waals surface area contributed by atoms with E-state index in [-0.39, 0.29) is 11.8 Å². The molecule has 1 aliphatic heterocycles. The second-order valence-electron chi connectivity index (χ2n) is 7.72. The third-order valence-corrected chi connectivity index (χ3v) is 4.07. The van der Waals surface area contributed by atoms with E-state index in [1.165, 1.54) is 12.8 Å². The van der Waals surface area contributed by atoms with Crippen LogP contribution in [0.1, 0.15) is 53.9 Å². The number of likely N-dealkylation sites (tertiary alicyclic amines) is 1. The molecule has 0 saturated carbocycles. The van der Waals surface area contributed by atoms with Crippen molar-refractivity contribution < 1.29 is 14.3 Å². The van der Waals surface area contributed by atoms with E-state index in [4.69, 9.17) is 4.74 Å². The average molecular weight is 327 g/mol. The van der Waals surface area contributed by atoms with Gasteiger partial charge >= 0.3 is 6.09 Å². The molecule has 1 unspecified atom stereocenters. The monoisotopic (exact) mass is 327 g/mol. The molecule has 2 atom stereocenters. The van der Waals surface area contributed by atoms with Crippen LogP contribution in [0.25, 0.3) is 0 Å². The summed E-state index contributed by atoms with van der Waals surface area (Å²) in [5.41, 5.74) is -0.574. The minimum atomic E-state index is -0.578. The first-order chi connectivity index (χ1) is 10.6. The van der Waals surface area contributed by atoms with E-state index in [9.17, 15) is 9.59 Å². The first-order valence-corrected chi connectivity index (χ1v) is 8.57. The van der Waals surface area contributed by atoms with Crippen LogP contribution in [0.5, 0.6) is 0 Å². The van der Waals surface area contributed by atoms with Gasteiger partial charge in [0, 0.05) is 12.6 Å². The zero-order valence-corrected chi connectivity index (χ0v) is 15.4. The summed E-state index contributed by atoms with van der Waals surface area (Å²) in [7, 11) is 2.13. The molecule has 0 aromatic heterocycles. The Kier molecular flexibility index (Phi) is 7.32. The number of hydrogen-bond donors (Lipinski definition) is 2. The minimum absolute atomic E-state index is 0.00308. The van der Waals surface area contributed by atoms with Gasteiger partial charge in [0.1, 0.15) is 11.6 Å². The molecule has 1 rings (SSSR count). The van der Waals surface area contributed by atoms with Crippen molar-refractivity contribution in [3.05, 3.63) is 0 Å². The maximum Gasteiger partial charge on any atom is 0.408 e. The van der Waals surface area contributed by atoms with E-state index in [2.05, 4.69) is 22.6 Å². The number of carbonyl (C=O) groups excluding carboxylic acids is 2. The normalized spacial score (nSPS) is 20.4. The predicted octanol–water partition coefficient (Wildman–Crippen LogP) is 2.14. The lowest BCUT2D eigenvalue weighted by atomic mass is 10.0. The number of nitrogens with zero attached hydrogens (tertiary/aromatic N) is 1. The fraction of sp³-hybridized carbons (Fsp3) is 0.882. The van der Waals surface area contributed by atoms with Crippen LogP contribution in [-0.4, -0.2) is 54.7 Å². The summed E-state index contributed by atoms with van der Waals surface area (Å²) in [4.78, 5) is 26.6. The number of alkyl carbamates (subject to hydrolysis) is 1. The molecule has 2 amide bonds. The molecule has 0 aromatic carbocycles. The molecule has 0 aliphatic carbocycles. The highest BCUT2D eigenvalue weighted by Gasteiger charge is 2.27. The maximum absolute atomic E-state index is 12.3. The van der Waals surface area contributed by atoms with Gasteiger partial charge in [0.2, 0.25) is 5.91 Å². The van der Waals surface area contributed by atoms with Gasteiger partial charge < -0.3 is 20.3 Å². The molecule has 6 nitrogen and oxygen atoms in total. The summed E-state index contributed by atoms with van der Waals surface area (Å²) >= 11 is 0.